The van der Waals surface area contributed by atoms with Gasteiger partial charge in [0.25, 0.3) is 0 Å². The number of rotatable bonds is 0. The zero-order valence-corrected chi connectivity index (χ0v) is 6.98. The molecule has 10 heavy (non-hydrogen) atoms. The highest BCUT2D eigenvalue weighted by molar-refractivity contribution is 5.96. The summed E-state index contributed by atoms with van der Waals surface area (Å²) in [4.78, 5) is 14.2. The molecule has 2 heteroatoms. The minimum atomic E-state index is 0.0498. The van der Waals surface area contributed by atoms with Crippen molar-refractivity contribution in [2.75, 3.05) is 0 Å². The van der Waals surface area contributed by atoms with Crippen LogP contribution >= 0.6 is 0 Å². The molecule has 1 heterocycles. The number of carbonyl (C=O) groups excluding carboxylic acids is 1. The van der Waals surface area contributed by atoms with E-state index in [1.807, 2.05) is 20.8 Å². The monoisotopic (exact) mass is 141 g/mol. The van der Waals surface area contributed by atoms with Crippen molar-refractivity contribution in [3.05, 3.63) is 0 Å². The van der Waals surface area contributed by atoms with Crippen LogP contribution in [0.25, 0.3) is 0 Å². The van der Waals surface area contributed by atoms with Crippen molar-refractivity contribution in [3.8, 4) is 0 Å². The third kappa shape index (κ3) is 3.38. The molecule has 0 unspecified atom stereocenters. The molecule has 2 nitrogen and oxygen atoms in total. The summed E-state index contributed by atoms with van der Waals surface area (Å²) < 4.78 is 0. The fourth-order valence-corrected chi connectivity index (χ4v) is 0.820. The molecule has 0 aromatic heterocycles. The predicted octanol–water partition coefficient (Wildman–Crippen LogP) is 2.18. The van der Waals surface area contributed by atoms with Gasteiger partial charge in [0.1, 0.15) is 0 Å². The molecule has 1 rings (SSSR count). The first-order chi connectivity index (χ1) is 4.79. The first-order valence-electron chi connectivity index (χ1n) is 3.86. The van der Waals surface area contributed by atoms with Crippen molar-refractivity contribution in [2.24, 2.45) is 4.99 Å². The maximum Gasteiger partial charge on any atom is 0.245 e. The molecule has 1 aliphatic heterocycles. The van der Waals surface area contributed by atoms with E-state index < -0.39 is 0 Å². The van der Waals surface area contributed by atoms with Gasteiger partial charge in [-0.25, -0.2) is 4.99 Å². The first kappa shape index (κ1) is 9.34. The van der Waals surface area contributed by atoms with Crippen LogP contribution in [0.4, 0.5) is 0 Å². The van der Waals surface area contributed by atoms with Crippen LogP contribution in [-0.4, -0.2) is 11.6 Å². The number of hydrogen-bond donors (Lipinski definition) is 0. The molecule has 0 bridgehead atoms. The topological polar surface area (TPSA) is 29.4 Å². The van der Waals surface area contributed by atoms with Gasteiger partial charge in [0.15, 0.2) is 0 Å². The van der Waals surface area contributed by atoms with E-state index in [1.54, 1.807) is 0 Å². The first-order valence-corrected chi connectivity index (χ1v) is 3.86. The van der Waals surface area contributed by atoms with Crippen molar-refractivity contribution < 1.29 is 4.79 Å². The lowest BCUT2D eigenvalue weighted by Gasteiger charge is -2.03. The lowest BCUT2D eigenvalue weighted by atomic mass is 10.1. The average Bonchev–Trinajstić information content (AvgIpc) is 1.91. The smallest absolute Gasteiger partial charge is 0.245 e. The second-order valence-electron chi connectivity index (χ2n) is 2.09. The number of aliphatic imine (C=N–C) groups is 1. The molecule has 0 aromatic carbocycles. The lowest BCUT2D eigenvalue weighted by molar-refractivity contribution is -0.118. The second-order valence-corrected chi connectivity index (χ2v) is 2.09. The minimum Gasteiger partial charge on any atom is -0.273 e. The van der Waals surface area contributed by atoms with Crippen molar-refractivity contribution in [2.45, 2.75) is 40.0 Å². The molecule has 0 saturated heterocycles. The Labute approximate surface area is 62.4 Å². The summed E-state index contributed by atoms with van der Waals surface area (Å²) in [5, 5.41) is 0. The summed E-state index contributed by atoms with van der Waals surface area (Å²) in [6.07, 6.45) is 2.65. The van der Waals surface area contributed by atoms with Gasteiger partial charge in [-0.1, -0.05) is 13.8 Å². The highest BCUT2D eigenvalue weighted by Crippen LogP contribution is 2.05. The van der Waals surface area contributed by atoms with Crippen LogP contribution in [0.15, 0.2) is 4.99 Å². The second kappa shape index (κ2) is 5.15. The standard InChI is InChI=1S/C6H9NO.C2H6/c1-5-3-2-4-6(8)7-5;1-2/h2-4H2,1H3;1-2H3. The van der Waals surface area contributed by atoms with Crippen LogP contribution in [0.2, 0.25) is 0 Å². The van der Waals surface area contributed by atoms with Gasteiger partial charge in [0, 0.05) is 12.1 Å². The third-order valence-corrected chi connectivity index (χ3v) is 1.24. The van der Waals surface area contributed by atoms with Crippen LogP contribution in [-0.2, 0) is 4.79 Å². The predicted molar refractivity (Wildman–Crippen MR) is 43.3 cm³/mol. The molecular weight excluding hydrogens is 126 g/mol. The molecular formula is C8H15NO. The van der Waals surface area contributed by atoms with E-state index in [2.05, 4.69) is 4.99 Å². The van der Waals surface area contributed by atoms with Crippen molar-refractivity contribution in [1.29, 1.82) is 0 Å². The Kier molecular flexibility index (Phi) is 4.81. The Morgan fingerprint density at radius 1 is 1.30 bits per heavy atom. The van der Waals surface area contributed by atoms with Crippen LogP contribution in [0.3, 0.4) is 0 Å². The fourth-order valence-electron chi connectivity index (χ4n) is 0.820. The Hall–Kier alpha value is -0.660. The highest BCUT2D eigenvalue weighted by Gasteiger charge is 2.06. The number of nitrogens with zero attached hydrogens (tertiary/aromatic N) is 1. The van der Waals surface area contributed by atoms with Gasteiger partial charge in [-0.15, -0.1) is 0 Å². The summed E-state index contributed by atoms with van der Waals surface area (Å²) in [6.45, 7) is 5.90. The van der Waals surface area contributed by atoms with E-state index in [0.29, 0.717) is 6.42 Å². The Morgan fingerprint density at radius 2 is 1.90 bits per heavy atom. The zero-order valence-electron chi connectivity index (χ0n) is 6.98. The van der Waals surface area contributed by atoms with E-state index in [9.17, 15) is 4.79 Å². The molecule has 0 aliphatic carbocycles. The van der Waals surface area contributed by atoms with Crippen molar-refractivity contribution >= 4 is 11.6 Å². The molecule has 1 amide bonds. The Morgan fingerprint density at radius 3 is 2.20 bits per heavy atom. The number of carbonyl (C=O) groups is 1. The fraction of sp³-hybridized carbons (Fsp3) is 0.750. The average molecular weight is 141 g/mol. The van der Waals surface area contributed by atoms with Crippen LogP contribution < -0.4 is 0 Å². The van der Waals surface area contributed by atoms with Gasteiger partial charge in [0.2, 0.25) is 5.91 Å². The quantitative estimate of drug-likeness (QED) is 0.508. The molecule has 0 fully saturated rings. The number of hydrogen-bond acceptors (Lipinski definition) is 1. The van der Waals surface area contributed by atoms with Gasteiger partial charge in [-0.2, -0.15) is 0 Å². The minimum absolute atomic E-state index is 0.0498. The van der Waals surface area contributed by atoms with Gasteiger partial charge in [0.05, 0.1) is 0 Å². The van der Waals surface area contributed by atoms with Crippen LogP contribution in [0.5, 0.6) is 0 Å². The van der Waals surface area contributed by atoms with Gasteiger partial charge < -0.3 is 0 Å². The van der Waals surface area contributed by atoms with Gasteiger partial charge in [-0.3, -0.25) is 4.79 Å². The molecule has 0 radical (unpaired) electrons. The SMILES string of the molecule is CC.CC1=NC(=O)CCC1. The van der Waals surface area contributed by atoms with Crippen LogP contribution in [0.1, 0.15) is 40.0 Å². The molecule has 0 saturated carbocycles. The largest absolute Gasteiger partial charge is 0.273 e. The van der Waals surface area contributed by atoms with Crippen molar-refractivity contribution in [3.63, 3.8) is 0 Å². The summed E-state index contributed by atoms with van der Waals surface area (Å²) in [5.41, 5.74) is 0.987. The maximum absolute atomic E-state index is 10.5. The Bertz CT molecular complexity index is 138. The van der Waals surface area contributed by atoms with E-state index in [-0.39, 0.29) is 5.91 Å². The molecule has 0 N–H and O–H groups in total. The Balaban J connectivity index is 0.000000371. The molecule has 1 aliphatic rings. The maximum atomic E-state index is 10.5. The highest BCUT2D eigenvalue weighted by atomic mass is 16.1. The zero-order chi connectivity index (χ0) is 7.98. The third-order valence-electron chi connectivity index (χ3n) is 1.24. The summed E-state index contributed by atoms with van der Waals surface area (Å²) in [6, 6.07) is 0. The number of amides is 1. The van der Waals surface area contributed by atoms with E-state index in [1.165, 1.54) is 0 Å². The molecule has 0 spiro atoms. The molecule has 0 aromatic rings. The van der Waals surface area contributed by atoms with Gasteiger partial charge in [-0.05, 0) is 19.8 Å². The lowest BCUT2D eigenvalue weighted by Crippen LogP contribution is -2.06. The summed E-state index contributed by atoms with van der Waals surface area (Å²) in [5.74, 6) is 0.0498. The summed E-state index contributed by atoms with van der Waals surface area (Å²) >= 11 is 0. The molecule has 58 valence electrons. The molecule has 0 atom stereocenters. The van der Waals surface area contributed by atoms with Gasteiger partial charge >= 0.3 is 0 Å². The summed E-state index contributed by atoms with van der Waals surface area (Å²) in [7, 11) is 0. The van der Waals surface area contributed by atoms with E-state index >= 15 is 0 Å². The normalized spacial score (nSPS) is 17.1. The van der Waals surface area contributed by atoms with Crippen molar-refractivity contribution in [1.82, 2.24) is 0 Å². The van der Waals surface area contributed by atoms with E-state index in [4.69, 9.17) is 0 Å². The van der Waals surface area contributed by atoms with Crippen LogP contribution in [0, 0.1) is 0 Å². The van der Waals surface area contributed by atoms with E-state index in [0.717, 1.165) is 18.6 Å².